The second kappa shape index (κ2) is 17.0. The highest BCUT2D eigenvalue weighted by Crippen LogP contribution is 2.43. The van der Waals surface area contributed by atoms with Gasteiger partial charge in [-0.05, 0) is 75.4 Å². The highest BCUT2D eigenvalue weighted by molar-refractivity contribution is 6.00. The Balaban J connectivity index is 2.25. The normalized spacial score (nSPS) is 42.2. The van der Waals surface area contributed by atoms with Crippen molar-refractivity contribution in [1.29, 1.82) is 0 Å². The molecule has 0 spiro atoms. The van der Waals surface area contributed by atoms with Crippen LogP contribution in [0.25, 0.3) is 0 Å². The minimum atomic E-state index is -1.42. The maximum Gasteiger partial charge on any atom is 0.435 e. The molecular formula is C35H61N3O12. The van der Waals surface area contributed by atoms with Crippen molar-refractivity contribution in [2.75, 3.05) is 34.4 Å². The molecule has 14 atom stereocenters. The number of hydrogen-bond donors (Lipinski definition) is 2. The van der Waals surface area contributed by atoms with Crippen LogP contribution in [0.2, 0.25) is 0 Å². The third-order valence-corrected chi connectivity index (χ3v) is 10.6. The van der Waals surface area contributed by atoms with Gasteiger partial charge in [0.25, 0.3) is 0 Å². The molecule has 3 aliphatic heterocycles. The number of nitrogens with zero attached hydrogens (tertiary/aromatic N) is 3. The Hall–Kier alpha value is -2.40. The lowest BCUT2D eigenvalue weighted by Gasteiger charge is -2.47. The third kappa shape index (κ3) is 8.79. The number of fused-ring (bicyclic) bond motifs is 1. The summed E-state index contributed by atoms with van der Waals surface area (Å²) in [6.07, 6.45) is -5.52. The topological polar surface area (TPSA) is 175 Å². The first-order valence-corrected chi connectivity index (χ1v) is 17.7. The van der Waals surface area contributed by atoms with E-state index in [0.717, 1.165) is 5.06 Å². The van der Waals surface area contributed by atoms with Gasteiger partial charge in [0.2, 0.25) is 0 Å². The van der Waals surface area contributed by atoms with Crippen molar-refractivity contribution in [2.24, 2.45) is 28.8 Å². The standard InChI is InChI=1S/C35H61N3O12/c1-14-46-36-26-18(2)16-34(9,45-17-19(3)39)30(49-32-28(41)25(37(11)12)15-20(4)47-32)22(6)27(40)23(7)31(42)48-24(8)35(10)29(21(26)5)38(44-13)33(43)50-35/h18-25,28-30,32,39,41H,14-17H2,1-13H3/b36-26+/t18-,19?,20-,21+,22+,23-,24-,25+,28-,29-,30-,32+,34+,35-/m1/s1. The van der Waals surface area contributed by atoms with E-state index in [4.69, 9.17) is 33.4 Å². The Morgan fingerprint density at radius 2 is 1.72 bits per heavy atom. The molecule has 288 valence electrons. The number of ether oxygens (including phenoxy) is 5. The molecule has 15 heteroatoms. The average Bonchev–Trinajstić information content (AvgIpc) is 3.31. The van der Waals surface area contributed by atoms with Crippen molar-refractivity contribution in [2.45, 2.75) is 142 Å². The molecule has 3 heterocycles. The first kappa shape index (κ1) is 42.0. The smallest absolute Gasteiger partial charge is 0.435 e. The fraction of sp³-hybridized carbons (Fsp3) is 0.886. The molecule has 0 aromatic rings. The van der Waals surface area contributed by atoms with Crippen LogP contribution in [0.4, 0.5) is 4.79 Å². The van der Waals surface area contributed by atoms with E-state index in [-0.39, 0.29) is 31.8 Å². The Morgan fingerprint density at radius 3 is 2.28 bits per heavy atom. The molecule has 2 N–H and O–H groups in total. The number of Topliss-reactive ketones (excluding diaryl/α,β-unsaturated/α-hetero) is 1. The van der Waals surface area contributed by atoms with Crippen molar-refractivity contribution in [1.82, 2.24) is 9.96 Å². The molecule has 1 unspecified atom stereocenters. The lowest BCUT2D eigenvalue weighted by molar-refractivity contribution is -0.298. The number of rotatable bonds is 9. The van der Waals surface area contributed by atoms with E-state index in [1.165, 1.54) is 14.0 Å². The van der Waals surface area contributed by atoms with Gasteiger partial charge in [-0.15, -0.1) is 0 Å². The van der Waals surface area contributed by atoms with Crippen LogP contribution < -0.4 is 0 Å². The quantitative estimate of drug-likeness (QED) is 0.203. The number of hydrogen-bond acceptors (Lipinski definition) is 14. The van der Waals surface area contributed by atoms with Crippen LogP contribution >= 0.6 is 0 Å². The van der Waals surface area contributed by atoms with E-state index >= 15 is 0 Å². The largest absolute Gasteiger partial charge is 0.458 e. The first-order chi connectivity index (χ1) is 23.2. The Bertz CT molecular complexity index is 1220. The van der Waals surface area contributed by atoms with Crippen LogP contribution in [0.15, 0.2) is 5.16 Å². The van der Waals surface area contributed by atoms with Crippen molar-refractivity contribution in [3.8, 4) is 0 Å². The van der Waals surface area contributed by atoms with Gasteiger partial charge in [-0.1, -0.05) is 25.9 Å². The number of ketones is 1. The van der Waals surface area contributed by atoms with E-state index in [9.17, 15) is 24.6 Å². The van der Waals surface area contributed by atoms with Crippen molar-refractivity contribution in [3.05, 3.63) is 0 Å². The van der Waals surface area contributed by atoms with Gasteiger partial charge in [0.1, 0.15) is 30.8 Å². The zero-order chi connectivity index (χ0) is 37.9. The third-order valence-electron chi connectivity index (χ3n) is 10.6. The predicted octanol–water partition coefficient (Wildman–Crippen LogP) is 2.94. The second-order valence-electron chi connectivity index (χ2n) is 14.9. The molecule has 0 aliphatic carbocycles. The highest BCUT2D eigenvalue weighted by Gasteiger charge is 2.60. The monoisotopic (exact) mass is 715 g/mol. The number of carbonyl (C=O) groups excluding carboxylic acids is 3. The van der Waals surface area contributed by atoms with Crippen LogP contribution in [0.5, 0.6) is 0 Å². The van der Waals surface area contributed by atoms with E-state index in [1.807, 2.05) is 39.8 Å². The maximum atomic E-state index is 14.3. The summed E-state index contributed by atoms with van der Waals surface area (Å²) in [7, 11) is 5.07. The van der Waals surface area contributed by atoms with Gasteiger partial charge in [0.05, 0.1) is 43.3 Å². The molecule has 0 aromatic heterocycles. The van der Waals surface area contributed by atoms with Crippen LogP contribution in [-0.2, 0) is 42.9 Å². The van der Waals surface area contributed by atoms with Crippen molar-refractivity contribution < 1.29 is 58.0 Å². The van der Waals surface area contributed by atoms with Crippen molar-refractivity contribution >= 4 is 23.6 Å². The molecule has 3 aliphatic rings. The molecule has 1 amide bonds. The fourth-order valence-electron chi connectivity index (χ4n) is 7.70. The number of likely N-dealkylation sites (N-methyl/N-ethyl adjacent to an activating group) is 1. The van der Waals surface area contributed by atoms with E-state index < -0.39 is 89.5 Å². The SMILES string of the molecule is CCO/N=C1\[C@H](C)C[C@](C)(OCC(C)O)[C@H](O[C@@H]2O[C@H](C)C[C@H](N(C)C)[C@H]2O)[C@@H](C)C(=O)[C@@H](C)C(=O)O[C@H](C)[C@@]2(C)OC(=O)N(OC)[C@@H]2[C@H]1C. The Morgan fingerprint density at radius 1 is 1.08 bits per heavy atom. The summed E-state index contributed by atoms with van der Waals surface area (Å²) < 4.78 is 31.1. The number of aliphatic hydroxyl groups is 2. The van der Waals surface area contributed by atoms with E-state index in [1.54, 1.807) is 41.5 Å². The summed E-state index contributed by atoms with van der Waals surface area (Å²) in [6.45, 7) is 17.3. The molecule has 50 heavy (non-hydrogen) atoms. The number of amides is 1. The minimum absolute atomic E-state index is 0.113. The number of hydroxylamine groups is 2. The number of carbonyl (C=O) groups is 3. The molecular weight excluding hydrogens is 654 g/mol. The summed E-state index contributed by atoms with van der Waals surface area (Å²) in [5.74, 6) is -4.59. The van der Waals surface area contributed by atoms with E-state index in [0.29, 0.717) is 12.1 Å². The van der Waals surface area contributed by atoms with Gasteiger partial charge < -0.3 is 43.6 Å². The van der Waals surface area contributed by atoms with Crippen LogP contribution in [-0.4, -0.2) is 138 Å². The second-order valence-corrected chi connectivity index (χ2v) is 14.9. The highest BCUT2D eigenvalue weighted by atomic mass is 16.8. The fourth-order valence-corrected chi connectivity index (χ4v) is 7.70. The Kier molecular flexibility index (Phi) is 14.2. The van der Waals surface area contributed by atoms with Gasteiger partial charge in [-0.25, -0.2) is 4.79 Å². The van der Waals surface area contributed by atoms with E-state index in [2.05, 4.69) is 5.16 Å². The summed E-state index contributed by atoms with van der Waals surface area (Å²) in [5.41, 5.74) is -2.24. The molecule has 3 rings (SSSR count). The van der Waals surface area contributed by atoms with Crippen LogP contribution in [0.3, 0.4) is 0 Å². The number of aliphatic hydroxyl groups excluding tert-OH is 2. The van der Waals surface area contributed by atoms with Gasteiger partial charge in [0, 0.05) is 23.8 Å². The number of oxime groups is 1. The summed E-state index contributed by atoms with van der Waals surface area (Å²) in [5, 5.41) is 27.5. The Labute approximate surface area is 296 Å². The van der Waals surface area contributed by atoms with Gasteiger partial charge in [0.15, 0.2) is 17.7 Å². The molecule has 0 aromatic carbocycles. The van der Waals surface area contributed by atoms with Gasteiger partial charge in [-0.2, -0.15) is 5.06 Å². The lowest BCUT2D eigenvalue weighted by atomic mass is 9.73. The molecule has 3 fully saturated rings. The molecule has 3 saturated heterocycles. The zero-order valence-electron chi connectivity index (χ0n) is 32.1. The lowest BCUT2D eigenvalue weighted by Crippen LogP contribution is -2.60. The van der Waals surface area contributed by atoms with Crippen LogP contribution in [0.1, 0.15) is 82.1 Å². The molecule has 0 bridgehead atoms. The first-order valence-electron chi connectivity index (χ1n) is 17.7. The summed E-state index contributed by atoms with van der Waals surface area (Å²) in [4.78, 5) is 54.2. The number of esters is 1. The van der Waals surface area contributed by atoms with Gasteiger partial charge in [-0.3, -0.25) is 14.4 Å². The molecule has 15 nitrogen and oxygen atoms in total. The summed E-state index contributed by atoms with van der Waals surface area (Å²) >= 11 is 0. The summed E-state index contributed by atoms with van der Waals surface area (Å²) in [6, 6.07) is -1.14. The molecule has 0 saturated carbocycles. The minimum Gasteiger partial charge on any atom is -0.458 e. The zero-order valence-corrected chi connectivity index (χ0v) is 32.1. The van der Waals surface area contributed by atoms with Crippen molar-refractivity contribution in [3.63, 3.8) is 0 Å². The average molecular weight is 716 g/mol. The van der Waals surface area contributed by atoms with Crippen LogP contribution in [0, 0.1) is 23.7 Å². The van der Waals surface area contributed by atoms with Gasteiger partial charge >= 0.3 is 12.1 Å². The maximum absolute atomic E-state index is 14.3. The molecule has 0 radical (unpaired) electrons. The predicted molar refractivity (Wildman–Crippen MR) is 182 cm³/mol. The number of cyclic esters (lactones) is 1.